The Morgan fingerprint density at radius 2 is 1.76 bits per heavy atom. The van der Waals surface area contributed by atoms with Gasteiger partial charge in [0.1, 0.15) is 5.75 Å². The largest absolute Gasteiger partial charge is 0.455 e. The standard InChI is InChI=1S/C20H13BrClNO2/c21-15-7-5-13(6-8-15)20(24)23-12-14-3-1-2-4-18(14)25-19-10-9-16(22)11-17(19)23/h1-11H,12H2. The molecule has 0 radical (unpaired) electrons. The van der Waals surface area contributed by atoms with Crippen LogP contribution in [0.1, 0.15) is 15.9 Å². The van der Waals surface area contributed by atoms with E-state index in [4.69, 9.17) is 16.3 Å². The van der Waals surface area contributed by atoms with E-state index in [9.17, 15) is 4.79 Å². The average Bonchev–Trinajstić information content (AvgIpc) is 2.78. The molecule has 0 aliphatic carbocycles. The predicted molar refractivity (Wildman–Crippen MR) is 103 cm³/mol. The number of halogens is 2. The number of ether oxygens (including phenoxy) is 1. The molecule has 1 aliphatic heterocycles. The Kier molecular flexibility index (Phi) is 4.24. The van der Waals surface area contributed by atoms with Crippen LogP contribution in [0, 0.1) is 0 Å². The zero-order valence-electron chi connectivity index (χ0n) is 13.1. The van der Waals surface area contributed by atoms with Gasteiger partial charge in [0.05, 0.1) is 12.2 Å². The highest BCUT2D eigenvalue weighted by molar-refractivity contribution is 9.10. The first-order valence-electron chi connectivity index (χ1n) is 7.74. The average molecular weight is 415 g/mol. The maximum Gasteiger partial charge on any atom is 0.258 e. The molecule has 124 valence electrons. The van der Waals surface area contributed by atoms with Crippen molar-refractivity contribution in [2.45, 2.75) is 6.54 Å². The van der Waals surface area contributed by atoms with Gasteiger partial charge in [0.2, 0.25) is 0 Å². The predicted octanol–water partition coefficient (Wildman–Crippen LogP) is 6.06. The molecule has 25 heavy (non-hydrogen) atoms. The summed E-state index contributed by atoms with van der Waals surface area (Å²) in [6.45, 7) is 0.415. The quantitative estimate of drug-likeness (QED) is 0.485. The summed E-state index contributed by atoms with van der Waals surface area (Å²) in [4.78, 5) is 14.9. The number of fused-ring (bicyclic) bond motifs is 2. The molecule has 0 unspecified atom stereocenters. The van der Waals surface area contributed by atoms with Crippen LogP contribution in [0.5, 0.6) is 11.5 Å². The van der Waals surface area contributed by atoms with E-state index in [1.807, 2.05) is 36.4 Å². The van der Waals surface area contributed by atoms with Crippen molar-refractivity contribution in [3.05, 3.63) is 87.4 Å². The number of carbonyl (C=O) groups excluding carboxylic acids is 1. The van der Waals surface area contributed by atoms with E-state index >= 15 is 0 Å². The minimum Gasteiger partial charge on any atom is -0.455 e. The third kappa shape index (κ3) is 3.15. The topological polar surface area (TPSA) is 29.5 Å². The van der Waals surface area contributed by atoms with Crippen LogP contribution in [0.15, 0.2) is 71.2 Å². The van der Waals surface area contributed by atoms with Gasteiger partial charge in [-0.2, -0.15) is 0 Å². The van der Waals surface area contributed by atoms with Crippen molar-refractivity contribution in [2.24, 2.45) is 0 Å². The number of hydrogen-bond donors (Lipinski definition) is 0. The smallest absolute Gasteiger partial charge is 0.258 e. The Morgan fingerprint density at radius 3 is 2.56 bits per heavy atom. The Bertz CT molecular complexity index is 956. The van der Waals surface area contributed by atoms with Gasteiger partial charge in [-0.1, -0.05) is 45.7 Å². The Balaban J connectivity index is 1.84. The summed E-state index contributed by atoms with van der Waals surface area (Å²) in [5, 5.41) is 0.557. The lowest BCUT2D eigenvalue weighted by atomic mass is 10.1. The van der Waals surface area contributed by atoms with Gasteiger partial charge < -0.3 is 9.64 Å². The summed E-state index contributed by atoms with van der Waals surface area (Å²) >= 11 is 9.58. The number of amides is 1. The van der Waals surface area contributed by atoms with Gasteiger partial charge in [-0.05, 0) is 48.5 Å². The molecule has 0 spiro atoms. The first kappa shape index (κ1) is 16.2. The van der Waals surface area contributed by atoms with Crippen LogP contribution in [-0.4, -0.2) is 5.91 Å². The van der Waals surface area contributed by atoms with Crippen LogP contribution >= 0.6 is 27.5 Å². The monoisotopic (exact) mass is 413 g/mol. The first-order chi connectivity index (χ1) is 12.1. The number of para-hydroxylation sites is 1. The Hall–Kier alpha value is -2.30. The van der Waals surface area contributed by atoms with Crippen LogP contribution in [0.2, 0.25) is 5.02 Å². The number of anilines is 1. The van der Waals surface area contributed by atoms with E-state index in [0.717, 1.165) is 15.8 Å². The summed E-state index contributed by atoms with van der Waals surface area (Å²) in [5.41, 5.74) is 2.21. The number of rotatable bonds is 1. The van der Waals surface area contributed by atoms with Crippen LogP contribution in [-0.2, 0) is 6.54 Å². The zero-order valence-corrected chi connectivity index (χ0v) is 15.4. The van der Waals surface area contributed by atoms with Crippen LogP contribution in [0.4, 0.5) is 5.69 Å². The van der Waals surface area contributed by atoms with Gasteiger partial charge in [-0.3, -0.25) is 4.79 Å². The van der Waals surface area contributed by atoms with E-state index < -0.39 is 0 Å². The minimum atomic E-state index is -0.101. The van der Waals surface area contributed by atoms with Crippen LogP contribution in [0.3, 0.4) is 0 Å². The summed E-state index contributed by atoms with van der Waals surface area (Å²) < 4.78 is 6.96. The molecule has 3 nitrogen and oxygen atoms in total. The van der Waals surface area contributed by atoms with Crippen LogP contribution in [0.25, 0.3) is 0 Å². The second kappa shape index (κ2) is 6.54. The molecule has 1 amide bonds. The molecule has 0 bridgehead atoms. The van der Waals surface area contributed by atoms with E-state index in [2.05, 4.69) is 15.9 Å². The van der Waals surface area contributed by atoms with Crippen molar-refractivity contribution < 1.29 is 9.53 Å². The summed E-state index contributed by atoms with van der Waals surface area (Å²) in [7, 11) is 0. The highest BCUT2D eigenvalue weighted by Crippen LogP contribution is 2.40. The molecular formula is C20H13BrClNO2. The fourth-order valence-electron chi connectivity index (χ4n) is 2.83. The van der Waals surface area contributed by atoms with Gasteiger partial charge in [-0.25, -0.2) is 0 Å². The molecule has 1 heterocycles. The molecule has 3 aromatic rings. The number of hydrogen-bond acceptors (Lipinski definition) is 2. The Labute approximate surface area is 158 Å². The molecule has 1 aliphatic rings. The van der Waals surface area contributed by atoms with Crippen molar-refractivity contribution in [2.75, 3.05) is 4.90 Å². The second-order valence-electron chi connectivity index (χ2n) is 5.72. The fourth-order valence-corrected chi connectivity index (χ4v) is 3.26. The third-order valence-electron chi connectivity index (χ3n) is 4.07. The number of carbonyl (C=O) groups is 1. The molecule has 3 aromatic carbocycles. The fraction of sp³-hybridized carbons (Fsp3) is 0.0500. The molecule has 0 saturated carbocycles. The van der Waals surface area contributed by atoms with Crippen molar-refractivity contribution in [1.82, 2.24) is 0 Å². The molecule has 4 rings (SSSR count). The highest BCUT2D eigenvalue weighted by atomic mass is 79.9. The maximum atomic E-state index is 13.2. The van der Waals surface area contributed by atoms with Gasteiger partial charge in [-0.15, -0.1) is 0 Å². The summed E-state index contributed by atoms with van der Waals surface area (Å²) in [6.07, 6.45) is 0. The molecule has 0 aromatic heterocycles. The maximum absolute atomic E-state index is 13.2. The number of nitrogens with zero attached hydrogens (tertiary/aromatic N) is 1. The highest BCUT2D eigenvalue weighted by Gasteiger charge is 2.26. The van der Waals surface area contributed by atoms with Crippen molar-refractivity contribution in [3.63, 3.8) is 0 Å². The van der Waals surface area contributed by atoms with Gasteiger partial charge >= 0.3 is 0 Å². The lowest BCUT2D eigenvalue weighted by Gasteiger charge is -2.22. The van der Waals surface area contributed by atoms with E-state index in [1.54, 1.807) is 35.2 Å². The van der Waals surface area contributed by atoms with Crippen LogP contribution < -0.4 is 9.64 Å². The lowest BCUT2D eigenvalue weighted by Crippen LogP contribution is -2.29. The molecule has 0 fully saturated rings. The van der Waals surface area contributed by atoms with E-state index in [0.29, 0.717) is 28.6 Å². The van der Waals surface area contributed by atoms with E-state index in [1.165, 1.54) is 0 Å². The Morgan fingerprint density at radius 1 is 1.00 bits per heavy atom. The molecule has 5 heteroatoms. The third-order valence-corrected chi connectivity index (χ3v) is 4.83. The molecule has 0 atom stereocenters. The van der Waals surface area contributed by atoms with Gasteiger partial charge in [0, 0.05) is 20.6 Å². The van der Waals surface area contributed by atoms with Crippen molar-refractivity contribution in [3.8, 4) is 11.5 Å². The van der Waals surface area contributed by atoms with Crippen molar-refractivity contribution in [1.29, 1.82) is 0 Å². The van der Waals surface area contributed by atoms with E-state index in [-0.39, 0.29) is 5.91 Å². The number of benzene rings is 3. The minimum absolute atomic E-state index is 0.101. The SMILES string of the molecule is O=C(c1ccc(Br)cc1)N1Cc2ccccc2Oc2ccc(Cl)cc21. The zero-order chi connectivity index (χ0) is 17.4. The molecule has 0 N–H and O–H groups in total. The normalized spacial score (nSPS) is 12.6. The first-order valence-corrected chi connectivity index (χ1v) is 8.92. The summed E-state index contributed by atoms with van der Waals surface area (Å²) in [6, 6.07) is 20.4. The molecule has 0 saturated heterocycles. The lowest BCUT2D eigenvalue weighted by molar-refractivity contribution is 0.0985. The second-order valence-corrected chi connectivity index (χ2v) is 7.07. The summed E-state index contributed by atoms with van der Waals surface area (Å²) in [5.74, 6) is 1.26. The van der Waals surface area contributed by atoms with Crippen molar-refractivity contribution >= 4 is 39.1 Å². The molecular weight excluding hydrogens is 402 g/mol. The van der Waals surface area contributed by atoms with Gasteiger partial charge in [0.25, 0.3) is 5.91 Å². The van der Waals surface area contributed by atoms with Gasteiger partial charge in [0.15, 0.2) is 5.75 Å².